The molecular formula is C10H12N2O2. The molecule has 0 aliphatic heterocycles. The fourth-order valence-electron chi connectivity index (χ4n) is 1.98. The van der Waals surface area contributed by atoms with Crippen molar-refractivity contribution < 1.29 is 9.90 Å². The van der Waals surface area contributed by atoms with Crippen LogP contribution in [0.25, 0.3) is 0 Å². The van der Waals surface area contributed by atoms with Gasteiger partial charge in [0.1, 0.15) is 0 Å². The molecule has 1 amide bonds. The van der Waals surface area contributed by atoms with E-state index in [4.69, 9.17) is 10.8 Å². The van der Waals surface area contributed by atoms with E-state index in [0.717, 1.165) is 29.7 Å². The lowest BCUT2D eigenvalue weighted by atomic mass is 10.1. The van der Waals surface area contributed by atoms with Gasteiger partial charge in [0.05, 0.1) is 6.04 Å². The number of rotatable bonds is 1. The van der Waals surface area contributed by atoms with E-state index in [2.05, 4.69) is 5.32 Å². The highest BCUT2D eigenvalue weighted by Crippen LogP contribution is 2.34. The zero-order valence-electron chi connectivity index (χ0n) is 7.66. The average molecular weight is 192 g/mol. The summed E-state index contributed by atoms with van der Waals surface area (Å²) >= 11 is 0. The number of fused-ring (bicyclic) bond motifs is 1. The van der Waals surface area contributed by atoms with Crippen molar-refractivity contribution in [3.63, 3.8) is 0 Å². The molecule has 1 aliphatic carbocycles. The van der Waals surface area contributed by atoms with Gasteiger partial charge in [-0.2, -0.15) is 0 Å². The van der Waals surface area contributed by atoms with Crippen molar-refractivity contribution in [1.29, 1.82) is 0 Å². The fraction of sp³-hybridized carbons (Fsp3) is 0.300. The second kappa shape index (κ2) is 3.21. The smallest absolute Gasteiger partial charge is 0.405 e. The average Bonchev–Trinajstić information content (AvgIpc) is 2.49. The summed E-state index contributed by atoms with van der Waals surface area (Å²) in [7, 11) is 0. The van der Waals surface area contributed by atoms with Crippen LogP contribution in [0.15, 0.2) is 18.2 Å². The summed E-state index contributed by atoms with van der Waals surface area (Å²) in [5, 5.41) is 11.1. The number of amides is 1. The molecule has 0 spiro atoms. The van der Waals surface area contributed by atoms with Crippen molar-refractivity contribution in [2.24, 2.45) is 0 Å². The first-order chi connectivity index (χ1) is 6.68. The van der Waals surface area contributed by atoms with Crippen LogP contribution in [0.5, 0.6) is 0 Å². The molecule has 1 aliphatic rings. The number of carboxylic acid groups (broad SMARTS) is 1. The molecule has 0 heterocycles. The first kappa shape index (κ1) is 8.87. The molecule has 14 heavy (non-hydrogen) atoms. The highest BCUT2D eigenvalue weighted by molar-refractivity contribution is 5.66. The van der Waals surface area contributed by atoms with Gasteiger partial charge in [0, 0.05) is 5.69 Å². The molecule has 2 rings (SSSR count). The van der Waals surface area contributed by atoms with Gasteiger partial charge < -0.3 is 16.2 Å². The highest BCUT2D eigenvalue weighted by atomic mass is 16.4. The van der Waals surface area contributed by atoms with Crippen LogP contribution in [0.3, 0.4) is 0 Å². The minimum atomic E-state index is -0.981. The maximum absolute atomic E-state index is 10.5. The topological polar surface area (TPSA) is 75.3 Å². The van der Waals surface area contributed by atoms with Crippen LogP contribution < -0.4 is 11.1 Å². The van der Waals surface area contributed by atoms with E-state index in [1.54, 1.807) is 0 Å². The Morgan fingerprint density at radius 3 is 3.07 bits per heavy atom. The Morgan fingerprint density at radius 1 is 1.57 bits per heavy atom. The number of hydrogen-bond acceptors (Lipinski definition) is 2. The molecule has 1 unspecified atom stereocenters. The van der Waals surface area contributed by atoms with Crippen molar-refractivity contribution in [1.82, 2.24) is 5.32 Å². The van der Waals surface area contributed by atoms with Gasteiger partial charge in [-0.25, -0.2) is 4.79 Å². The molecule has 1 aromatic carbocycles. The molecule has 4 heteroatoms. The van der Waals surface area contributed by atoms with Gasteiger partial charge in [-0.1, -0.05) is 12.1 Å². The third-order valence-corrected chi connectivity index (χ3v) is 2.60. The van der Waals surface area contributed by atoms with Crippen molar-refractivity contribution in [3.8, 4) is 0 Å². The molecule has 0 aromatic heterocycles. The van der Waals surface area contributed by atoms with Crippen LogP contribution in [-0.4, -0.2) is 11.2 Å². The molecule has 0 saturated carbocycles. The fourth-order valence-corrected chi connectivity index (χ4v) is 1.98. The molecule has 1 atom stereocenters. The van der Waals surface area contributed by atoms with E-state index in [9.17, 15) is 4.79 Å². The van der Waals surface area contributed by atoms with Gasteiger partial charge in [-0.3, -0.25) is 0 Å². The van der Waals surface area contributed by atoms with Gasteiger partial charge in [0.2, 0.25) is 0 Å². The molecule has 4 nitrogen and oxygen atoms in total. The normalized spacial score (nSPS) is 19.0. The lowest BCUT2D eigenvalue weighted by molar-refractivity contribution is 0.190. The Morgan fingerprint density at radius 2 is 2.36 bits per heavy atom. The molecule has 0 saturated heterocycles. The van der Waals surface area contributed by atoms with Gasteiger partial charge in [-0.15, -0.1) is 0 Å². The first-order valence-corrected chi connectivity index (χ1v) is 4.55. The van der Waals surface area contributed by atoms with E-state index in [1.165, 1.54) is 0 Å². The third kappa shape index (κ3) is 1.39. The predicted molar refractivity (Wildman–Crippen MR) is 53.1 cm³/mol. The van der Waals surface area contributed by atoms with Crippen LogP contribution in [-0.2, 0) is 6.42 Å². The minimum absolute atomic E-state index is 0.0917. The predicted octanol–water partition coefficient (Wildman–Crippen LogP) is 1.52. The standard InChI is InChI=1S/C10H12N2O2/c11-8-3-1-2-7-6(8)4-5-9(7)12-10(13)14/h1-3,9,12H,4-5,11H2,(H,13,14). The summed E-state index contributed by atoms with van der Waals surface area (Å²) in [4.78, 5) is 10.5. The molecule has 0 bridgehead atoms. The van der Waals surface area contributed by atoms with Crippen LogP contribution in [0.4, 0.5) is 10.5 Å². The summed E-state index contributed by atoms with van der Waals surface area (Å²) in [6, 6.07) is 5.54. The van der Waals surface area contributed by atoms with E-state index >= 15 is 0 Å². The zero-order chi connectivity index (χ0) is 10.1. The second-order valence-corrected chi connectivity index (χ2v) is 3.46. The number of nitrogen functional groups attached to an aromatic ring is 1. The molecule has 1 aromatic rings. The lowest BCUT2D eigenvalue weighted by Crippen LogP contribution is -2.24. The number of hydrogen-bond donors (Lipinski definition) is 3. The van der Waals surface area contributed by atoms with Crippen molar-refractivity contribution in [3.05, 3.63) is 29.3 Å². The minimum Gasteiger partial charge on any atom is -0.465 e. The quantitative estimate of drug-likeness (QED) is 0.590. The summed E-state index contributed by atoms with van der Waals surface area (Å²) < 4.78 is 0. The Hall–Kier alpha value is -1.71. The van der Waals surface area contributed by atoms with Crippen LogP contribution in [0.2, 0.25) is 0 Å². The third-order valence-electron chi connectivity index (χ3n) is 2.60. The highest BCUT2D eigenvalue weighted by Gasteiger charge is 2.24. The van der Waals surface area contributed by atoms with E-state index < -0.39 is 6.09 Å². The van der Waals surface area contributed by atoms with Crippen molar-refractivity contribution >= 4 is 11.8 Å². The summed E-state index contributed by atoms with van der Waals surface area (Å²) in [5.41, 5.74) is 8.66. The van der Waals surface area contributed by atoms with E-state index in [1.807, 2.05) is 18.2 Å². The zero-order valence-corrected chi connectivity index (χ0v) is 7.66. The van der Waals surface area contributed by atoms with Crippen LogP contribution >= 0.6 is 0 Å². The second-order valence-electron chi connectivity index (χ2n) is 3.46. The summed E-state index contributed by atoms with van der Waals surface area (Å²) in [5.74, 6) is 0. The SMILES string of the molecule is Nc1cccc2c1CCC2NC(=O)O. The summed E-state index contributed by atoms with van der Waals surface area (Å²) in [6.07, 6.45) is 0.674. The maximum atomic E-state index is 10.5. The van der Waals surface area contributed by atoms with Gasteiger partial charge in [-0.05, 0) is 30.0 Å². The Kier molecular flexibility index (Phi) is 2.04. The van der Waals surface area contributed by atoms with E-state index in [0.29, 0.717) is 0 Å². The first-order valence-electron chi connectivity index (χ1n) is 4.55. The number of benzene rings is 1. The number of nitrogens with two attached hydrogens (primary N) is 1. The number of anilines is 1. The van der Waals surface area contributed by atoms with Crippen molar-refractivity contribution in [2.45, 2.75) is 18.9 Å². The molecule has 0 fully saturated rings. The van der Waals surface area contributed by atoms with Gasteiger partial charge in [0.25, 0.3) is 0 Å². The monoisotopic (exact) mass is 192 g/mol. The van der Waals surface area contributed by atoms with Crippen LogP contribution in [0.1, 0.15) is 23.6 Å². The van der Waals surface area contributed by atoms with Crippen LogP contribution in [0, 0.1) is 0 Å². The molecule has 4 N–H and O–H groups in total. The number of carbonyl (C=O) groups is 1. The largest absolute Gasteiger partial charge is 0.465 e. The lowest BCUT2D eigenvalue weighted by Gasteiger charge is -2.11. The summed E-state index contributed by atoms with van der Waals surface area (Å²) in [6.45, 7) is 0. The van der Waals surface area contributed by atoms with Crippen molar-refractivity contribution in [2.75, 3.05) is 5.73 Å². The Bertz CT molecular complexity index is 376. The molecule has 74 valence electrons. The van der Waals surface area contributed by atoms with E-state index in [-0.39, 0.29) is 6.04 Å². The van der Waals surface area contributed by atoms with Gasteiger partial charge >= 0.3 is 6.09 Å². The number of nitrogens with one attached hydrogen (secondary N) is 1. The Balaban J connectivity index is 2.30. The molecule has 0 radical (unpaired) electrons. The molecular weight excluding hydrogens is 180 g/mol. The maximum Gasteiger partial charge on any atom is 0.405 e. The van der Waals surface area contributed by atoms with Gasteiger partial charge in [0.15, 0.2) is 0 Å². The Labute approximate surface area is 81.7 Å².